The monoisotopic (exact) mass is 441 g/mol. The summed E-state index contributed by atoms with van der Waals surface area (Å²) in [7, 11) is 0. The first-order chi connectivity index (χ1) is 14.7. The van der Waals surface area contributed by atoms with Crippen molar-refractivity contribution < 1.29 is 9.53 Å². The van der Waals surface area contributed by atoms with Gasteiger partial charge < -0.3 is 9.64 Å². The third-order valence-electron chi connectivity index (χ3n) is 5.07. The molecule has 3 aromatic rings. The molecule has 5 nitrogen and oxygen atoms in total. The molecule has 3 heterocycles. The number of nitrogens with zero attached hydrogens (tertiary/aromatic N) is 3. The maximum atomic E-state index is 13.1. The fourth-order valence-electron chi connectivity index (χ4n) is 3.60. The van der Waals surface area contributed by atoms with E-state index >= 15 is 0 Å². The zero-order valence-electron chi connectivity index (χ0n) is 16.7. The summed E-state index contributed by atoms with van der Waals surface area (Å²) in [6.07, 6.45) is 6.72. The van der Waals surface area contributed by atoms with Gasteiger partial charge in [-0.05, 0) is 42.2 Å². The van der Waals surface area contributed by atoms with Crippen LogP contribution in [0.2, 0.25) is 5.02 Å². The first kappa shape index (κ1) is 21.0. The number of halogens is 1. The Morgan fingerprint density at radius 2 is 2.17 bits per heavy atom. The number of rotatable bonds is 8. The van der Waals surface area contributed by atoms with Crippen molar-refractivity contribution in [2.24, 2.45) is 0 Å². The van der Waals surface area contributed by atoms with Crippen LogP contribution in [0, 0.1) is 0 Å². The summed E-state index contributed by atoms with van der Waals surface area (Å²) in [5.41, 5.74) is 2.95. The summed E-state index contributed by atoms with van der Waals surface area (Å²) in [4.78, 5) is 23.8. The summed E-state index contributed by atoms with van der Waals surface area (Å²) in [6.45, 7) is 1.91. The van der Waals surface area contributed by atoms with E-state index in [1.54, 1.807) is 17.5 Å². The second-order valence-electron chi connectivity index (χ2n) is 7.49. The number of pyridine rings is 1. The summed E-state index contributed by atoms with van der Waals surface area (Å²) >= 11 is 7.66. The van der Waals surface area contributed by atoms with Gasteiger partial charge in [-0.1, -0.05) is 29.8 Å². The average molecular weight is 442 g/mol. The maximum absolute atomic E-state index is 13.1. The van der Waals surface area contributed by atoms with E-state index in [0.717, 1.165) is 46.3 Å². The van der Waals surface area contributed by atoms with Crippen LogP contribution in [0.5, 0.6) is 0 Å². The van der Waals surface area contributed by atoms with E-state index in [4.69, 9.17) is 16.3 Å². The van der Waals surface area contributed by atoms with Crippen molar-refractivity contribution in [3.63, 3.8) is 0 Å². The normalized spacial score (nSPS) is 16.0. The summed E-state index contributed by atoms with van der Waals surface area (Å²) in [5.74, 6) is 0.0639. The average Bonchev–Trinajstić information content (AvgIpc) is 3.40. The molecule has 1 saturated heterocycles. The van der Waals surface area contributed by atoms with Crippen LogP contribution in [0.15, 0.2) is 54.2 Å². The predicted molar refractivity (Wildman–Crippen MR) is 119 cm³/mol. The Morgan fingerprint density at radius 1 is 1.27 bits per heavy atom. The highest BCUT2D eigenvalue weighted by atomic mass is 35.5. The molecule has 30 heavy (non-hydrogen) atoms. The number of amides is 1. The first-order valence-electron chi connectivity index (χ1n) is 10.1. The van der Waals surface area contributed by atoms with Crippen LogP contribution in [-0.2, 0) is 28.9 Å². The molecule has 0 aliphatic carbocycles. The van der Waals surface area contributed by atoms with Crippen LogP contribution in [0.1, 0.15) is 34.7 Å². The molecule has 1 aliphatic heterocycles. The molecule has 0 bridgehead atoms. The van der Waals surface area contributed by atoms with Crippen molar-refractivity contribution in [1.29, 1.82) is 0 Å². The predicted octanol–water partition coefficient (Wildman–Crippen LogP) is 4.53. The molecule has 0 N–H and O–H groups in total. The number of ether oxygens (including phenoxy) is 1. The molecule has 4 rings (SSSR count). The second-order valence-corrected chi connectivity index (χ2v) is 8.87. The molecular weight excluding hydrogens is 418 g/mol. The zero-order chi connectivity index (χ0) is 20.8. The molecule has 0 radical (unpaired) electrons. The van der Waals surface area contributed by atoms with Crippen molar-refractivity contribution in [1.82, 2.24) is 14.9 Å². The molecule has 1 unspecified atom stereocenters. The minimum absolute atomic E-state index is 0.0639. The fraction of sp³-hybridized carbons (Fsp3) is 0.348. The fourth-order valence-corrected chi connectivity index (χ4v) is 4.64. The zero-order valence-corrected chi connectivity index (χ0v) is 18.2. The van der Waals surface area contributed by atoms with Gasteiger partial charge in [0.05, 0.1) is 23.2 Å². The number of hydrogen-bond donors (Lipinski definition) is 0. The molecule has 1 aromatic carbocycles. The van der Waals surface area contributed by atoms with Crippen LogP contribution >= 0.6 is 22.9 Å². The van der Waals surface area contributed by atoms with Crippen LogP contribution in [0.4, 0.5) is 0 Å². The summed E-state index contributed by atoms with van der Waals surface area (Å²) in [6, 6.07) is 11.7. The standard InChI is InChI=1S/C23H24ClN3O2S/c24-19-6-1-4-17(10-19)11-22-26-20(16-30-22)12-23(28)27(15-21-7-3-9-29-21)14-18-5-2-8-25-13-18/h1-2,4-6,8,10,13,16,21H,3,7,9,11-12,14-15H2. The second kappa shape index (κ2) is 10.2. The quantitative estimate of drug-likeness (QED) is 0.515. The number of thiazole rings is 1. The van der Waals surface area contributed by atoms with Gasteiger partial charge in [0.2, 0.25) is 5.91 Å². The molecule has 1 fully saturated rings. The molecular formula is C23H24ClN3O2S. The smallest absolute Gasteiger partial charge is 0.229 e. The minimum atomic E-state index is 0.0639. The van der Waals surface area contributed by atoms with E-state index in [1.165, 1.54) is 0 Å². The number of benzene rings is 1. The molecule has 0 spiro atoms. The lowest BCUT2D eigenvalue weighted by atomic mass is 10.1. The van der Waals surface area contributed by atoms with Gasteiger partial charge >= 0.3 is 0 Å². The Morgan fingerprint density at radius 3 is 2.93 bits per heavy atom. The van der Waals surface area contributed by atoms with E-state index in [0.29, 0.717) is 25.9 Å². The topological polar surface area (TPSA) is 55.3 Å². The number of carbonyl (C=O) groups excluding carboxylic acids is 1. The molecule has 7 heteroatoms. The van der Waals surface area contributed by atoms with Crippen LogP contribution < -0.4 is 0 Å². The number of aromatic nitrogens is 2. The molecule has 1 aliphatic rings. The Bertz CT molecular complexity index is 973. The first-order valence-corrected chi connectivity index (χ1v) is 11.4. The van der Waals surface area contributed by atoms with Crippen LogP contribution in [0.3, 0.4) is 0 Å². The van der Waals surface area contributed by atoms with Crippen LogP contribution in [-0.4, -0.2) is 40.0 Å². The van der Waals surface area contributed by atoms with Gasteiger partial charge in [0.25, 0.3) is 0 Å². The lowest BCUT2D eigenvalue weighted by Gasteiger charge is -2.25. The lowest BCUT2D eigenvalue weighted by Crippen LogP contribution is -2.38. The van der Waals surface area contributed by atoms with Gasteiger partial charge in [-0.15, -0.1) is 11.3 Å². The van der Waals surface area contributed by atoms with E-state index in [1.807, 2.05) is 52.9 Å². The number of carbonyl (C=O) groups is 1. The van der Waals surface area contributed by atoms with Crippen molar-refractivity contribution in [2.75, 3.05) is 13.2 Å². The highest BCUT2D eigenvalue weighted by Crippen LogP contribution is 2.20. The molecule has 1 atom stereocenters. The Kier molecular flexibility index (Phi) is 7.10. The van der Waals surface area contributed by atoms with Crippen molar-refractivity contribution in [3.05, 3.63) is 81.0 Å². The Labute approximate surface area is 185 Å². The van der Waals surface area contributed by atoms with Gasteiger partial charge in [-0.25, -0.2) is 4.98 Å². The van der Waals surface area contributed by atoms with Gasteiger partial charge in [0.1, 0.15) is 0 Å². The molecule has 1 amide bonds. The van der Waals surface area contributed by atoms with Gasteiger partial charge in [-0.2, -0.15) is 0 Å². The van der Waals surface area contributed by atoms with Gasteiger partial charge in [0.15, 0.2) is 0 Å². The van der Waals surface area contributed by atoms with E-state index in [-0.39, 0.29) is 12.0 Å². The number of hydrogen-bond acceptors (Lipinski definition) is 5. The van der Waals surface area contributed by atoms with Crippen molar-refractivity contribution >= 4 is 28.8 Å². The van der Waals surface area contributed by atoms with Crippen molar-refractivity contribution in [3.8, 4) is 0 Å². The van der Waals surface area contributed by atoms with Crippen molar-refractivity contribution in [2.45, 2.75) is 38.3 Å². The maximum Gasteiger partial charge on any atom is 0.229 e. The molecule has 0 saturated carbocycles. The highest BCUT2D eigenvalue weighted by Gasteiger charge is 2.23. The molecule has 2 aromatic heterocycles. The van der Waals surface area contributed by atoms with E-state index in [9.17, 15) is 4.79 Å². The van der Waals surface area contributed by atoms with E-state index in [2.05, 4.69) is 9.97 Å². The lowest BCUT2D eigenvalue weighted by molar-refractivity contribution is -0.132. The highest BCUT2D eigenvalue weighted by molar-refractivity contribution is 7.09. The Hall–Kier alpha value is -2.28. The van der Waals surface area contributed by atoms with Crippen LogP contribution in [0.25, 0.3) is 0 Å². The summed E-state index contributed by atoms with van der Waals surface area (Å²) < 4.78 is 5.77. The summed E-state index contributed by atoms with van der Waals surface area (Å²) in [5, 5.41) is 3.68. The Balaban J connectivity index is 1.41. The van der Waals surface area contributed by atoms with Gasteiger partial charge in [0, 0.05) is 48.9 Å². The third kappa shape index (κ3) is 5.88. The molecule has 156 valence electrons. The van der Waals surface area contributed by atoms with E-state index < -0.39 is 0 Å². The van der Waals surface area contributed by atoms with Gasteiger partial charge in [-0.3, -0.25) is 9.78 Å². The third-order valence-corrected chi connectivity index (χ3v) is 6.21. The largest absolute Gasteiger partial charge is 0.376 e. The SMILES string of the molecule is O=C(Cc1csc(Cc2cccc(Cl)c2)n1)N(Cc1cccnc1)CC1CCCO1. The minimum Gasteiger partial charge on any atom is -0.376 e.